The second-order valence-corrected chi connectivity index (χ2v) is 8.04. The van der Waals surface area contributed by atoms with Crippen molar-refractivity contribution in [1.29, 1.82) is 0 Å². The predicted molar refractivity (Wildman–Crippen MR) is 97.5 cm³/mol. The number of likely N-dealkylation sites (tertiary alicyclic amines) is 1. The highest BCUT2D eigenvalue weighted by atomic mass is 32.2. The van der Waals surface area contributed by atoms with Gasteiger partial charge in [-0.3, -0.25) is 9.69 Å². The van der Waals surface area contributed by atoms with Gasteiger partial charge in [-0.25, -0.2) is 9.59 Å². The molecule has 0 aromatic carbocycles. The number of carbonyl (C=O) groups excluding carboxylic acids is 3. The molecular weight excluding hydrogens is 344 g/mol. The topological polar surface area (TPSA) is 84.9 Å². The largest absolute Gasteiger partial charge is 0.467 e. The highest BCUT2D eigenvalue weighted by molar-refractivity contribution is 7.98. The van der Waals surface area contributed by atoms with E-state index in [0.717, 1.165) is 18.6 Å². The smallest absolute Gasteiger partial charge is 0.410 e. The Morgan fingerprint density at radius 3 is 2.52 bits per heavy atom. The second kappa shape index (κ2) is 9.89. The minimum Gasteiger partial charge on any atom is -0.467 e. The fraction of sp³-hybridized carbons (Fsp3) is 0.824. The number of thioether (sulfide) groups is 1. The summed E-state index contributed by atoms with van der Waals surface area (Å²) in [5, 5.41) is 2.74. The van der Waals surface area contributed by atoms with Crippen molar-refractivity contribution in [2.75, 3.05) is 25.7 Å². The maximum Gasteiger partial charge on any atom is 0.410 e. The lowest BCUT2D eigenvalue weighted by atomic mass is 10.0. The third kappa shape index (κ3) is 7.13. The average molecular weight is 375 g/mol. The van der Waals surface area contributed by atoms with Gasteiger partial charge in [0.15, 0.2) is 0 Å². The van der Waals surface area contributed by atoms with E-state index in [4.69, 9.17) is 9.47 Å². The minimum absolute atomic E-state index is 0.331. The molecule has 2 atom stereocenters. The van der Waals surface area contributed by atoms with Crippen LogP contribution in [0.4, 0.5) is 4.79 Å². The first kappa shape index (κ1) is 21.6. The van der Waals surface area contributed by atoms with Crippen LogP contribution in [0, 0.1) is 0 Å². The van der Waals surface area contributed by atoms with Gasteiger partial charge in [-0.05, 0) is 58.5 Å². The van der Waals surface area contributed by atoms with Crippen LogP contribution in [-0.2, 0) is 19.1 Å². The molecule has 2 amide bonds. The number of rotatable bonds is 6. The van der Waals surface area contributed by atoms with Crippen molar-refractivity contribution in [3.8, 4) is 0 Å². The Morgan fingerprint density at radius 1 is 1.28 bits per heavy atom. The summed E-state index contributed by atoms with van der Waals surface area (Å²) < 4.78 is 10.2. The Balaban J connectivity index is 2.80. The van der Waals surface area contributed by atoms with E-state index in [1.807, 2.05) is 6.26 Å². The van der Waals surface area contributed by atoms with Crippen molar-refractivity contribution in [2.45, 2.75) is 64.1 Å². The third-order valence-electron chi connectivity index (χ3n) is 3.85. The van der Waals surface area contributed by atoms with Crippen LogP contribution in [-0.4, -0.2) is 66.2 Å². The summed E-state index contributed by atoms with van der Waals surface area (Å²) in [7, 11) is 1.30. The molecule has 0 spiro atoms. The number of hydrogen-bond donors (Lipinski definition) is 1. The van der Waals surface area contributed by atoms with Gasteiger partial charge in [-0.15, -0.1) is 0 Å². The highest BCUT2D eigenvalue weighted by Gasteiger charge is 2.36. The van der Waals surface area contributed by atoms with E-state index in [2.05, 4.69) is 5.32 Å². The molecule has 1 aliphatic rings. The molecule has 1 saturated heterocycles. The molecule has 7 nitrogen and oxygen atoms in total. The van der Waals surface area contributed by atoms with Crippen molar-refractivity contribution in [3.05, 3.63) is 0 Å². The number of carbonyl (C=O) groups is 3. The first-order valence-corrected chi connectivity index (χ1v) is 9.95. The number of ether oxygens (including phenoxy) is 2. The second-order valence-electron chi connectivity index (χ2n) is 7.05. The van der Waals surface area contributed by atoms with Gasteiger partial charge in [0.25, 0.3) is 0 Å². The lowest BCUT2D eigenvalue weighted by molar-refractivity contribution is -0.146. The molecule has 1 fully saturated rings. The van der Waals surface area contributed by atoms with Crippen LogP contribution in [0.5, 0.6) is 0 Å². The Morgan fingerprint density at radius 2 is 1.96 bits per heavy atom. The van der Waals surface area contributed by atoms with Gasteiger partial charge < -0.3 is 14.8 Å². The summed E-state index contributed by atoms with van der Waals surface area (Å²) in [5.41, 5.74) is -0.623. The summed E-state index contributed by atoms with van der Waals surface area (Å²) in [6.07, 6.45) is 4.16. The summed E-state index contributed by atoms with van der Waals surface area (Å²) in [6.45, 7) is 5.85. The summed E-state index contributed by atoms with van der Waals surface area (Å²) in [5.74, 6) is -0.0791. The Hall–Kier alpha value is -1.44. The normalized spacial score (nSPS) is 19.1. The molecule has 8 heteroatoms. The molecule has 1 unspecified atom stereocenters. The number of esters is 1. The number of nitrogens with one attached hydrogen (secondary N) is 1. The van der Waals surface area contributed by atoms with Gasteiger partial charge in [-0.2, -0.15) is 11.8 Å². The third-order valence-corrected chi connectivity index (χ3v) is 4.49. The molecule has 0 saturated carbocycles. The van der Waals surface area contributed by atoms with Crippen LogP contribution in [0.1, 0.15) is 46.5 Å². The summed E-state index contributed by atoms with van der Waals surface area (Å²) >= 11 is 1.59. The van der Waals surface area contributed by atoms with E-state index in [9.17, 15) is 14.4 Å². The van der Waals surface area contributed by atoms with Crippen LogP contribution in [0.15, 0.2) is 0 Å². The van der Waals surface area contributed by atoms with Gasteiger partial charge in [0.05, 0.1) is 7.11 Å². The van der Waals surface area contributed by atoms with E-state index in [0.29, 0.717) is 19.4 Å². The van der Waals surface area contributed by atoms with Gasteiger partial charge in [0.1, 0.15) is 17.7 Å². The number of nitrogens with zero attached hydrogens (tertiary/aromatic N) is 1. The fourth-order valence-corrected chi connectivity index (χ4v) is 3.11. The molecule has 1 aliphatic heterocycles. The highest BCUT2D eigenvalue weighted by Crippen LogP contribution is 2.21. The summed E-state index contributed by atoms with van der Waals surface area (Å²) in [6, 6.07) is -1.32. The maximum atomic E-state index is 12.7. The van der Waals surface area contributed by atoms with Gasteiger partial charge in [0, 0.05) is 6.54 Å². The SMILES string of the molecule is COC(=O)[C@H](CCSC)NC(=O)C1CCCCN1C(=O)OC(C)(C)C. The van der Waals surface area contributed by atoms with Gasteiger partial charge in [0.2, 0.25) is 5.91 Å². The number of methoxy groups -OCH3 is 1. The zero-order valence-corrected chi connectivity index (χ0v) is 16.6. The van der Waals surface area contributed by atoms with Crippen LogP contribution >= 0.6 is 11.8 Å². The van der Waals surface area contributed by atoms with E-state index in [-0.39, 0.29) is 5.91 Å². The minimum atomic E-state index is -0.702. The van der Waals surface area contributed by atoms with Crippen LogP contribution in [0.25, 0.3) is 0 Å². The van der Waals surface area contributed by atoms with E-state index < -0.39 is 29.7 Å². The first-order chi connectivity index (χ1) is 11.7. The van der Waals surface area contributed by atoms with Crippen molar-refractivity contribution < 1.29 is 23.9 Å². The Labute approximate surface area is 154 Å². The number of amides is 2. The Bertz CT molecular complexity index is 478. The lowest BCUT2D eigenvalue weighted by Gasteiger charge is -2.36. The van der Waals surface area contributed by atoms with Crippen molar-refractivity contribution in [2.24, 2.45) is 0 Å². The fourth-order valence-electron chi connectivity index (χ4n) is 2.64. The van der Waals surface area contributed by atoms with E-state index in [1.54, 1.807) is 32.5 Å². The van der Waals surface area contributed by atoms with Crippen molar-refractivity contribution in [1.82, 2.24) is 10.2 Å². The number of piperidine rings is 1. The molecule has 0 bridgehead atoms. The molecule has 1 rings (SSSR count). The van der Waals surface area contributed by atoms with Crippen LogP contribution in [0.3, 0.4) is 0 Å². The maximum absolute atomic E-state index is 12.7. The molecule has 25 heavy (non-hydrogen) atoms. The van der Waals surface area contributed by atoms with Gasteiger partial charge >= 0.3 is 12.1 Å². The molecule has 0 aromatic rings. The van der Waals surface area contributed by atoms with Crippen LogP contribution in [0.2, 0.25) is 0 Å². The van der Waals surface area contributed by atoms with Crippen LogP contribution < -0.4 is 5.32 Å². The quantitative estimate of drug-likeness (QED) is 0.718. The number of hydrogen-bond acceptors (Lipinski definition) is 6. The Kier molecular flexibility index (Phi) is 8.55. The van der Waals surface area contributed by atoms with Crippen molar-refractivity contribution in [3.63, 3.8) is 0 Å². The molecule has 1 heterocycles. The predicted octanol–water partition coefficient (Wildman–Crippen LogP) is 2.19. The molecule has 0 radical (unpaired) electrons. The van der Waals surface area contributed by atoms with Crippen molar-refractivity contribution >= 4 is 29.7 Å². The standard InChI is InChI=1S/C17H30N2O5S/c1-17(2,3)24-16(22)19-10-7-6-8-13(19)14(20)18-12(9-11-25-5)15(21)23-4/h12-13H,6-11H2,1-5H3,(H,18,20)/t12-,13?/m0/s1. The molecule has 0 aromatic heterocycles. The zero-order valence-electron chi connectivity index (χ0n) is 15.8. The average Bonchev–Trinajstić information content (AvgIpc) is 2.56. The molecule has 144 valence electrons. The van der Waals surface area contributed by atoms with Gasteiger partial charge in [-0.1, -0.05) is 0 Å². The molecular formula is C17H30N2O5S. The van der Waals surface area contributed by atoms with E-state index in [1.165, 1.54) is 12.0 Å². The summed E-state index contributed by atoms with van der Waals surface area (Å²) in [4.78, 5) is 38.5. The molecule has 0 aliphatic carbocycles. The lowest BCUT2D eigenvalue weighted by Crippen LogP contribution is -2.55. The first-order valence-electron chi connectivity index (χ1n) is 8.56. The van der Waals surface area contributed by atoms with E-state index >= 15 is 0 Å². The molecule has 1 N–H and O–H groups in total. The zero-order chi connectivity index (χ0) is 19.0. The monoisotopic (exact) mass is 374 g/mol.